The van der Waals surface area contributed by atoms with Gasteiger partial charge in [-0.1, -0.05) is 72.4 Å². The van der Waals surface area contributed by atoms with Gasteiger partial charge in [-0.15, -0.1) is 0 Å². The average molecular weight is 405 g/mol. The normalized spacial score (nSPS) is 10.9. The third-order valence-corrected chi connectivity index (χ3v) is 5.52. The fourth-order valence-corrected chi connectivity index (χ4v) is 3.93. The van der Waals surface area contributed by atoms with E-state index in [0.29, 0.717) is 22.7 Å². The van der Waals surface area contributed by atoms with Crippen LogP contribution in [0, 0.1) is 0 Å². The Labute approximate surface area is 171 Å². The summed E-state index contributed by atoms with van der Waals surface area (Å²) in [6.45, 7) is 0.367. The van der Waals surface area contributed by atoms with Crippen LogP contribution < -0.4 is 5.56 Å². The van der Waals surface area contributed by atoms with Gasteiger partial charge in [0.1, 0.15) is 11.0 Å². The van der Waals surface area contributed by atoms with Crippen LogP contribution >= 0.6 is 11.8 Å². The maximum absolute atomic E-state index is 13.3. The Hall–Kier alpha value is -3.32. The predicted molar refractivity (Wildman–Crippen MR) is 114 cm³/mol. The lowest BCUT2D eigenvalue weighted by Crippen LogP contribution is -2.24. The standard InChI is InChI=1S/C22H19N3O3S/c1-28-18(26)14-29-22-24-19-17(16-10-6-3-7-11-16)12-23-20(19)21(27)25(22)13-15-8-4-2-5-9-15/h2-12,23H,13-14H2,1H3. The first kappa shape index (κ1) is 19.0. The summed E-state index contributed by atoms with van der Waals surface area (Å²) in [6.07, 6.45) is 1.80. The minimum atomic E-state index is -0.368. The molecule has 29 heavy (non-hydrogen) atoms. The molecule has 2 aromatic heterocycles. The summed E-state index contributed by atoms with van der Waals surface area (Å²) in [5, 5.41) is 0.480. The summed E-state index contributed by atoms with van der Waals surface area (Å²) in [4.78, 5) is 32.8. The van der Waals surface area contributed by atoms with Crippen LogP contribution in [-0.4, -0.2) is 33.4 Å². The molecular formula is C22H19N3O3S. The van der Waals surface area contributed by atoms with Gasteiger partial charge in [0.25, 0.3) is 5.56 Å². The Morgan fingerprint density at radius 1 is 1.10 bits per heavy atom. The number of H-pyrrole nitrogens is 1. The smallest absolute Gasteiger partial charge is 0.316 e. The molecule has 0 saturated heterocycles. The zero-order chi connectivity index (χ0) is 20.2. The van der Waals surface area contributed by atoms with Crippen LogP contribution in [0.4, 0.5) is 0 Å². The van der Waals surface area contributed by atoms with Gasteiger partial charge < -0.3 is 9.72 Å². The molecule has 4 rings (SSSR count). The zero-order valence-electron chi connectivity index (χ0n) is 15.8. The number of nitrogens with one attached hydrogen (secondary N) is 1. The molecule has 0 bridgehead atoms. The van der Waals surface area contributed by atoms with E-state index in [0.717, 1.165) is 16.7 Å². The number of benzene rings is 2. The van der Waals surface area contributed by atoms with Crippen LogP contribution in [-0.2, 0) is 16.1 Å². The molecule has 0 amide bonds. The number of carbonyl (C=O) groups is 1. The molecule has 146 valence electrons. The number of fused-ring (bicyclic) bond motifs is 1. The molecular weight excluding hydrogens is 386 g/mol. The molecule has 0 fully saturated rings. The highest BCUT2D eigenvalue weighted by atomic mass is 32.2. The van der Waals surface area contributed by atoms with Crippen LogP contribution in [0.5, 0.6) is 0 Å². The molecule has 1 N–H and O–H groups in total. The van der Waals surface area contributed by atoms with Crippen LogP contribution in [0.25, 0.3) is 22.2 Å². The van der Waals surface area contributed by atoms with E-state index in [9.17, 15) is 9.59 Å². The first-order valence-corrected chi connectivity index (χ1v) is 10.1. The lowest BCUT2D eigenvalue weighted by Gasteiger charge is -2.12. The molecule has 6 nitrogen and oxygen atoms in total. The molecule has 4 aromatic rings. The highest BCUT2D eigenvalue weighted by Crippen LogP contribution is 2.28. The van der Waals surface area contributed by atoms with Gasteiger partial charge in [0.2, 0.25) is 0 Å². The van der Waals surface area contributed by atoms with Gasteiger partial charge in [-0.25, -0.2) is 4.98 Å². The van der Waals surface area contributed by atoms with Crippen molar-refractivity contribution in [3.8, 4) is 11.1 Å². The number of aromatic amines is 1. The minimum absolute atomic E-state index is 0.0777. The van der Waals surface area contributed by atoms with Gasteiger partial charge in [-0.05, 0) is 11.1 Å². The van der Waals surface area contributed by atoms with Crippen molar-refractivity contribution < 1.29 is 9.53 Å². The molecule has 7 heteroatoms. The van der Waals surface area contributed by atoms with E-state index < -0.39 is 0 Å². The van der Waals surface area contributed by atoms with Crippen LogP contribution in [0.1, 0.15) is 5.56 Å². The Kier molecular flexibility index (Phi) is 5.48. The molecule has 2 heterocycles. The number of rotatable bonds is 6. The van der Waals surface area contributed by atoms with Gasteiger partial charge in [0.15, 0.2) is 5.16 Å². The maximum atomic E-state index is 13.3. The summed E-state index contributed by atoms with van der Waals surface area (Å²) in [7, 11) is 1.34. The van der Waals surface area contributed by atoms with E-state index >= 15 is 0 Å². The zero-order valence-corrected chi connectivity index (χ0v) is 16.6. The quantitative estimate of drug-likeness (QED) is 0.301. The second-order valence-corrected chi connectivity index (χ2v) is 7.37. The lowest BCUT2D eigenvalue weighted by atomic mass is 10.1. The van der Waals surface area contributed by atoms with Crippen molar-refractivity contribution in [3.05, 3.63) is 82.8 Å². The fraction of sp³-hybridized carbons (Fsp3) is 0.136. The van der Waals surface area contributed by atoms with Crippen molar-refractivity contribution >= 4 is 28.8 Å². The summed E-state index contributed by atoms with van der Waals surface area (Å²) in [5.74, 6) is -0.290. The Morgan fingerprint density at radius 2 is 1.79 bits per heavy atom. The average Bonchev–Trinajstić information content (AvgIpc) is 3.19. The molecule has 0 radical (unpaired) electrons. The predicted octanol–water partition coefficient (Wildman–Crippen LogP) is 3.71. The number of esters is 1. The highest BCUT2D eigenvalue weighted by molar-refractivity contribution is 7.99. The highest BCUT2D eigenvalue weighted by Gasteiger charge is 2.18. The number of hydrogen-bond donors (Lipinski definition) is 1. The molecule has 0 aliphatic heterocycles. The minimum Gasteiger partial charge on any atom is -0.468 e. The van der Waals surface area contributed by atoms with E-state index in [2.05, 4.69) is 4.98 Å². The van der Waals surface area contributed by atoms with Crippen molar-refractivity contribution in [1.82, 2.24) is 14.5 Å². The summed E-state index contributed by atoms with van der Waals surface area (Å²) < 4.78 is 6.34. The largest absolute Gasteiger partial charge is 0.468 e. The van der Waals surface area contributed by atoms with E-state index in [4.69, 9.17) is 9.72 Å². The van der Waals surface area contributed by atoms with E-state index in [-0.39, 0.29) is 17.3 Å². The van der Waals surface area contributed by atoms with Crippen molar-refractivity contribution in [2.24, 2.45) is 0 Å². The Bertz CT molecular complexity index is 1200. The number of methoxy groups -OCH3 is 1. The first-order valence-electron chi connectivity index (χ1n) is 9.08. The van der Waals surface area contributed by atoms with Gasteiger partial charge in [-0.3, -0.25) is 14.2 Å². The molecule has 0 aliphatic carbocycles. The van der Waals surface area contributed by atoms with E-state index in [1.54, 1.807) is 10.8 Å². The molecule has 0 spiro atoms. The van der Waals surface area contributed by atoms with Crippen molar-refractivity contribution in [2.45, 2.75) is 11.7 Å². The van der Waals surface area contributed by atoms with Crippen molar-refractivity contribution in [1.29, 1.82) is 0 Å². The van der Waals surface area contributed by atoms with Gasteiger partial charge >= 0.3 is 5.97 Å². The topological polar surface area (TPSA) is 77.0 Å². The number of nitrogens with zero attached hydrogens (tertiary/aromatic N) is 2. The molecule has 0 saturated carbocycles. The van der Waals surface area contributed by atoms with Crippen molar-refractivity contribution in [2.75, 3.05) is 12.9 Å². The summed E-state index contributed by atoms with van der Waals surface area (Å²) >= 11 is 1.20. The van der Waals surface area contributed by atoms with Crippen LogP contribution in [0.3, 0.4) is 0 Å². The molecule has 2 aromatic carbocycles. The molecule has 0 aliphatic rings. The third kappa shape index (κ3) is 3.95. The molecule has 0 atom stereocenters. The Morgan fingerprint density at radius 3 is 2.48 bits per heavy atom. The second kappa shape index (κ2) is 8.36. The van der Waals surface area contributed by atoms with E-state index in [1.165, 1.54) is 18.9 Å². The molecule has 0 unspecified atom stereocenters. The first-order chi connectivity index (χ1) is 14.2. The van der Waals surface area contributed by atoms with Crippen LogP contribution in [0.2, 0.25) is 0 Å². The SMILES string of the molecule is COC(=O)CSc1nc2c(-c3ccccc3)c[nH]c2c(=O)n1Cc1ccccc1. The fourth-order valence-electron chi connectivity index (χ4n) is 3.11. The second-order valence-electron chi connectivity index (χ2n) is 6.43. The van der Waals surface area contributed by atoms with Crippen molar-refractivity contribution in [3.63, 3.8) is 0 Å². The van der Waals surface area contributed by atoms with Gasteiger partial charge in [0, 0.05) is 11.8 Å². The lowest BCUT2D eigenvalue weighted by molar-refractivity contribution is -0.137. The van der Waals surface area contributed by atoms with E-state index in [1.807, 2.05) is 60.7 Å². The number of hydrogen-bond acceptors (Lipinski definition) is 5. The summed E-state index contributed by atoms with van der Waals surface area (Å²) in [6, 6.07) is 19.5. The number of carbonyl (C=O) groups excluding carboxylic acids is 1. The number of ether oxygens (including phenoxy) is 1. The van der Waals surface area contributed by atoms with Crippen LogP contribution in [0.15, 0.2) is 76.8 Å². The summed E-state index contributed by atoms with van der Waals surface area (Å²) in [5.41, 5.74) is 3.67. The third-order valence-electron chi connectivity index (χ3n) is 4.57. The monoisotopic (exact) mass is 405 g/mol. The Balaban J connectivity index is 1.85. The maximum Gasteiger partial charge on any atom is 0.316 e. The van der Waals surface area contributed by atoms with Gasteiger partial charge in [-0.2, -0.15) is 0 Å². The number of aromatic nitrogens is 3. The number of thioether (sulfide) groups is 1. The van der Waals surface area contributed by atoms with Gasteiger partial charge in [0.05, 0.1) is 19.4 Å².